The molecule has 3 aromatic rings. The van der Waals surface area contributed by atoms with Gasteiger partial charge in [-0.05, 0) is 51.3 Å². The van der Waals surface area contributed by atoms with Crippen LogP contribution in [0.25, 0.3) is 22.4 Å². The number of phenolic OH excluding ortho intramolecular Hbond substituents is 1. The van der Waals surface area contributed by atoms with Crippen molar-refractivity contribution in [3.05, 3.63) is 42.5 Å². The lowest BCUT2D eigenvalue weighted by Crippen LogP contribution is -2.65. The van der Waals surface area contributed by atoms with E-state index in [1.165, 1.54) is 24.8 Å². The minimum Gasteiger partial charge on any atom is -0.507 e. The third kappa shape index (κ3) is 3.87. The van der Waals surface area contributed by atoms with Crippen LogP contribution in [-0.2, 0) is 0 Å². The molecule has 8 heteroatoms. The summed E-state index contributed by atoms with van der Waals surface area (Å²) >= 11 is 0. The molecule has 3 N–H and O–H groups in total. The number of aromatic hydroxyl groups is 1. The number of ether oxygens (including phenoxy) is 1. The summed E-state index contributed by atoms with van der Waals surface area (Å²) in [4.78, 5) is 0. The lowest BCUT2D eigenvalue weighted by molar-refractivity contribution is 0.00726. The zero-order valence-corrected chi connectivity index (χ0v) is 17.7. The molecule has 0 aliphatic carbocycles. The molecule has 2 saturated heterocycles. The molecule has 162 valence electrons. The van der Waals surface area contributed by atoms with Crippen LogP contribution in [0.4, 0.5) is 4.39 Å². The second-order valence-electron chi connectivity index (χ2n) is 9.34. The molecule has 2 aromatic heterocycles. The fraction of sp³-hybridized carbons (Fsp3) is 0.435. The molecule has 2 fully saturated rings. The fourth-order valence-electron chi connectivity index (χ4n) is 5.27. The van der Waals surface area contributed by atoms with Gasteiger partial charge in [0.15, 0.2) is 0 Å². The quantitative estimate of drug-likeness (QED) is 0.582. The Morgan fingerprint density at radius 1 is 1.10 bits per heavy atom. The maximum atomic E-state index is 14.6. The smallest absolute Gasteiger partial charge is 0.233 e. The highest BCUT2D eigenvalue weighted by molar-refractivity contribution is 5.74. The number of halogens is 1. The van der Waals surface area contributed by atoms with Crippen molar-refractivity contribution in [2.75, 3.05) is 0 Å². The second kappa shape index (κ2) is 7.30. The molecule has 0 spiro atoms. The lowest BCUT2D eigenvalue weighted by atomic mass is 9.70. The number of phenols is 1. The first-order valence-electron chi connectivity index (χ1n) is 10.6. The SMILES string of the molecule is C[C@]12CCC[C@](C)(C[C@H](Oc3ccc(-c4cc(F)c(-c5cn[nH]c5)cc4O)nn3)C1)N2. The number of hydrogen-bond acceptors (Lipinski definition) is 6. The van der Waals surface area contributed by atoms with E-state index in [4.69, 9.17) is 4.74 Å². The minimum absolute atomic E-state index is 0.0665. The van der Waals surface area contributed by atoms with Crippen molar-refractivity contribution in [2.24, 2.45) is 0 Å². The van der Waals surface area contributed by atoms with E-state index in [9.17, 15) is 9.50 Å². The van der Waals surface area contributed by atoms with Gasteiger partial charge in [-0.25, -0.2) is 4.39 Å². The molecule has 5 rings (SSSR count). The van der Waals surface area contributed by atoms with Crippen LogP contribution in [0.3, 0.4) is 0 Å². The first-order chi connectivity index (χ1) is 14.8. The Bertz CT molecular complexity index is 1070. The molecule has 2 aliphatic heterocycles. The summed E-state index contributed by atoms with van der Waals surface area (Å²) in [5.74, 6) is -0.109. The molecule has 3 atom stereocenters. The first-order valence-corrected chi connectivity index (χ1v) is 10.6. The number of hydrogen-bond donors (Lipinski definition) is 3. The number of piperidine rings is 2. The summed E-state index contributed by atoms with van der Waals surface area (Å²) in [6, 6.07) is 6.06. The van der Waals surface area contributed by atoms with Gasteiger partial charge in [0.05, 0.1) is 11.9 Å². The third-order valence-electron chi connectivity index (χ3n) is 6.52. The zero-order chi connectivity index (χ0) is 21.6. The van der Waals surface area contributed by atoms with E-state index in [-0.39, 0.29) is 34.1 Å². The van der Waals surface area contributed by atoms with Crippen LogP contribution in [0.2, 0.25) is 0 Å². The highest BCUT2D eigenvalue weighted by Crippen LogP contribution is 2.41. The number of H-pyrrole nitrogens is 1. The van der Waals surface area contributed by atoms with Crippen molar-refractivity contribution in [1.29, 1.82) is 0 Å². The highest BCUT2D eigenvalue weighted by Gasteiger charge is 2.46. The number of fused-ring (bicyclic) bond motifs is 2. The maximum absolute atomic E-state index is 14.6. The molecule has 31 heavy (non-hydrogen) atoms. The van der Waals surface area contributed by atoms with E-state index in [0.29, 0.717) is 17.1 Å². The number of nitrogens with zero attached hydrogens (tertiary/aromatic N) is 3. The second-order valence-corrected chi connectivity index (χ2v) is 9.34. The van der Waals surface area contributed by atoms with Gasteiger partial charge in [0, 0.05) is 52.9 Å². The fourth-order valence-corrected chi connectivity index (χ4v) is 5.27. The molecule has 2 aliphatic rings. The van der Waals surface area contributed by atoms with Crippen LogP contribution in [0.15, 0.2) is 36.7 Å². The van der Waals surface area contributed by atoms with Gasteiger partial charge < -0.3 is 15.2 Å². The van der Waals surface area contributed by atoms with Gasteiger partial charge in [-0.3, -0.25) is 5.10 Å². The Labute approximate surface area is 180 Å². The van der Waals surface area contributed by atoms with Gasteiger partial charge in [-0.15, -0.1) is 10.2 Å². The number of benzene rings is 1. The van der Waals surface area contributed by atoms with Crippen molar-refractivity contribution < 1.29 is 14.2 Å². The van der Waals surface area contributed by atoms with Crippen LogP contribution >= 0.6 is 0 Å². The van der Waals surface area contributed by atoms with Crippen molar-refractivity contribution in [3.63, 3.8) is 0 Å². The van der Waals surface area contributed by atoms with Crippen molar-refractivity contribution in [1.82, 2.24) is 25.7 Å². The number of rotatable bonds is 4. The van der Waals surface area contributed by atoms with Crippen LogP contribution < -0.4 is 10.1 Å². The normalized spacial score (nSPS) is 27.8. The van der Waals surface area contributed by atoms with E-state index in [0.717, 1.165) is 25.7 Å². The monoisotopic (exact) mass is 423 g/mol. The molecule has 2 bridgehead atoms. The van der Waals surface area contributed by atoms with Gasteiger partial charge in [0.1, 0.15) is 17.7 Å². The molecular weight excluding hydrogens is 397 g/mol. The van der Waals surface area contributed by atoms with Gasteiger partial charge >= 0.3 is 0 Å². The summed E-state index contributed by atoms with van der Waals surface area (Å²) in [7, 11) is 0. The minimum atomic E-state index is -0.473. The molecule has 4 heterocycles. The Hall–Kier alpha value is -3.00. The highest BCUT2D eigenvalue weighted by atomic mass is 19.1. The summed E-state index contributed by atoms with van der Waals surface area (Å²) in [6.45, 7) is 4.53. The lowest BCUT2D eigenvalue weighted by Gasteiger charge is -2.53. The summed E-state index contributed by atoms with van der Waals surface area (Å²) in [5.41, 5.74) is 1.65. The van der Waals surface area contributed by atoms with E-state index in [1.54, 1.807) is 18.3 Å². The van der Waals surface area contributed by atoms with Gasteiger partial charge in [0.25, 0.3) is 0 Å². The van der Waals surface area contributed by atoms with Gasteiger partial charge in [0.2, 0.25) is 5.88 Å². The Morgan fingerprint density at radius 2 is 1.87 bits per heavy atom. The molecule has 7 nitrogen and oxygen atoms in total. The molecular formula is C23H26FN5O2. The Kier molecular flexibility index (Phi) is 4.69. The summed E-state index contributed by atoms with van der Waals surface area (Å²) in [5, 5.41) is 29.1. The van der Waals surface area contributed by atoms with Crippen LogP contribution in [-0.4, -0.2) is 42.7 Å². The topological polar surface area (TPSA) is 96.0 Å². The molecule has 0 saturated carbocycles. The first kappa shape index (κ1) is 19.9. The van der Waals surface area contributed by atoms with E-state index >= 15 is 0 Å². The van der Waals surface area contributed by atoms with Crippen LogP contribution in [0, 0.1) is 5.82 Å². The van der Waals surface area contributed by atoms with Crippen molar-refractivity contribution in [2.45, 2.75) is 63.1 Å². The molecule has 0 unspecified atom stereocenters. The van der Waals surface area contributed by atoms with Gasteiger partial charge in [-0.2, -0.15) is 5.10 Å². The average Bonchev–Trinajstić information content (AvgIpc) is 3.23. The number of nitrogens with one attached hydrogen (secondary N) is 2. The number of aromatic amines is 1. The summed E-state index contributed by atoms with van der Waals surface area (Å²) < 4.78 is 20.8. The Morgan fingerprint density at radius 3 is 2.52 bits per heavy atom. The van der Waals surface area contributed by atoms with E-state index < -0.39 is 5.82 Å². The van der Waals surface area contributed by atoms with E-state index in [1.807, 2.05) is 0 Å². The maximum Gasteiger partial charge on any atom is 0.233 e. The zero-order valence-electron chi connectivity index (χ0n) is 17.7. The standard InChI is InChI=1S/C23H26FN5O2/c1-22-6-3-7-23(2,29-22)11-15(10-22)31-21-5-4-19(27-28-21)17-8-18(24)16(9-20(17)30)14-12-25-26-13-14/h4-5,8-9,12-13,15,29-30H,3,6-7,10-11H2,1-2H3,(H,25,26)/t15-,22+,23-. The molecule has 0 amide bonds. The van der Waals surface area contributed by atoms with Crippen LogP contribution in [0.1, 0.15) is 46.0 Å². The molecule has 0 radical (unpaired) electrons. The molecule has 1 aromatic carbocycles. The average molecular weight is 423 g/mol. The van der Waals surface area contributed by atoms with Crippen LogP contribution in [0.5, 0.6) is 11.6 Å². The summed E-state index contributed by atoms with van der Waals surface area (Å²) in [6.07, 6.45) is 8.51. The Balaban J connectivity index is 1.34. The predicted octanol–water partition coefficient (Wildman–Crippen LogP) is 4.21. The number of aromatic nitrogens is 4. The van der Waals surface area contributed by atoms with E-state index in [2.05, 4.69) is 39.6 Å². The van der Waals surface area contributed by atoms with Crippen molar-refractivity contribution >= 4 is 0 Å². The predicted molar refractivity (Wildman–Crippen MR) is 114 cm³/mol. The van der Waals surface area contributed by atoms with Gasteiger partial charge in [-0.1, -0.05) is 0 Å². The third-order valence-corrected chi connectivity index (χ3v) is 6.52. The van der Waals surface area contributed by atoms with Crippen molar-refractivity contribution in [3.8, 4) is 34.0 Å². The largest absolute Gasteiger partial charge is 0.507 e.